The molecule has 0 spiro atoms. The predicted molar refractivity (Wildman–Crippen MR) is 132 cm³/mol. The Kier molecular flexibility index (Phi) is 6.79. The van der Waals surface area contributed by atoms with Crippen LogP contribution in [0.2, 0.25) is 0 Å². The summed E-state index contributed by atoms with van der Waals surface area (Å²) in [5.74, 6) is 1.88. The minimum atomic E-state index is 0.168. The van der Waals surface area contributed by atoms with Crippen molar-refractivity contribution in [3.8, 4) is 23.8 Å². The summed E-state index contributed by atoms with van der Waals surface area (Å²) >= 11 is 0. The van der Waals surface area contributed by atoms with Crippen LogP contribution < -0.4 is 15.4 Å². The van der Waals surface area contributed by atoms with Crippen LogP contribution in [0.5, 0.6) is 5.75 Å². The summed E-state index contributed by atoms with van der Waals surface area (Å²) in [6.45, 7) is 3.44. The summed E-state index contributed by atoms with van der Waals surface area (Å²) in [6.07, 6.45) is 3.13. The molecule has 4 rings (SSSR count). The van der Waals surface area contributed by atoms with Gasteiger partial charge in [-0.15, -0.1) is 10.2 Å². The predicted octanol–water partition coefficient (Wildman–Crippen LogP) is 4.63. The van der Waals surface area contributed by atoms with E-state index in [1.165, 1.54) is 4.68 Å². The van der Waals surface area contributed by atoms with Gasteiger partial charge in [-0.25, -0.2) is 15.0 Å². The van der Waals surface area contributed by atoms with Gasteiger partial charge in [-0.1, -0.05) is 0 Å². The van der Waals surface area contributed by atoms with E-state index in [0.717, 1.165) is 5.69 Å². The van der Waals surface area contributed by atoms with Gasteiger partial charge in [-0.3, -0.25) is 0 Å². The molecule has 0 atom stereocenters. The van der Waals surface area contributed by atoms with Gasteiger partial charge >= 0.3 is 0 Å². The van der Waals surface area contributed by atoms with Crippen molar-refractivity contribution in [2.45, 2.75) is 13.8 Å². The fraction of sp³-hybridized carbons (Fsp3) is 0.167. The molecule has 2 N–H and O–H groups in total. The molecule has 0 unspecified atom stereocenters. The van der Waals surface area contributed by atoms with E-state index in [1.54, 1.807) is 58.6 Å². The Hall–Kier alpha value is -5.36. The highest BCUT2D eigenvalue weighted by molar-refractivity contribution is 5.76. The normalized spacial score (nSPS) is 10.6. The minimum Gasteiger partial charge on any atom is -0.497 e. The smallest absolute Gasteiger partial charge is 0.252 e. The second-order valence-electron chi connectivity index (χ2n) is 7.43. The molecule has 0 saturated carbocycles. The fourth-order valence-electron chi connectivity index (χ4n) is 3.40. The molecule has 36 heavy (non-hydrogen) atoms. The van der Waals surface area contributed by atoms with Gasteiger partial charge < -0.3 is 15.4 Å². The van der Waals surface area contributed by atoms with Crippen molar-refractivity contribution < 1.29 is 4.74 Å². The lowest BCUT2D eigenvalue weighted by atomic mass is 10.1. The van der Waals surface area contributed by atoms with Crippen LogP contribution in [-0.4, -0.2) is 38.9 Å². The Morgan fingerprint density at radius 3 is 2.28 bits per heavy atom. The van der Waals surface area contributed by atoms with Gasteiger partial charge in [0.05, 0.1) is 18.4 Å². The number of ether oxygens (including phenoxy) is 1. The van der Waals surface area contributed by atoms with Gasteiger partial charge in [0.15, 0.2) is 17.5 Å². The lowest BCUT2D eigenvalue weighted by Crippen LogP contribution is -2.04. The number of aryl methyl sites for hydroxylation is 1. The summed E-state index contributed by atoms with van der Waals surface area (Å²) in [6, 6.07) is 13.2. The van der Waals surface area contributed by atoms with E-state index in [4.69, 9.17) is 4.74 Å². The molecule has 0 aliphatic carbocycles. The largest absolute Gasteiger partial charge is 0.497 e. The summed E-state index contributed by atoms with van der Waals surface area (Å²) in [4.78, 5) is 12.9. The molecular formula is C24H21N11O. The first-order chi connectivity index (χ1) is 17.5. The molecule has 0 aliphatic rings. The van der Waals surface area contributed by atoms with Crippen LogP contribution in [0.25, 0.3) is 5.95 Å². The van der Waals surface area contributed by atoms with Gasteiger partial charge in [0, 0.05) is 30.7 Å². The Balaban J connectivity index is 1.78. The highest BCUT2D eigenvalue weighted by Gasteiger charge is 2.20. The number of nitrogens with one attached hydrogen (secondary N) is 2. The van der Waals surface area contributed by atoms with Gasteiger partial charge in [-0.05, 0) is 44.2 Å². The Morgan fingerprint density at radius 2 is 1.67 bits per heavy atom. The molecule has 0 aliphatic heterocycles. The SMILES string of the molecule is CNc1nc(Nc2ccc(OC)cc2)c(C#N)c(C)c1/N=N/c1c(C#N)c(C)nn1-c1ncccn1. The number of azo groups is 1. The van der Waals surface area contributed by atoms with E-state index in [9.17, 15) is 10.5 Å². The second-order valence-corrected chi connectivity index (χ2v) is 7.43. The summed E-state index contributed by atoms with van der Waals surface area (Å²) < 4.78 is 6.54. The van der Waals surface area contributed by atoms with E-state index in [1.807, 2.05) is 12.1 Å². The zero-order chi connectivity index (χ0) is 25.7. The molecule has 4 aromatic rings. The number of hydrogen-bond acceptors (Lipinski definition) is 11. The summed E-state index contributed by atoms with van der Waals surface area (Å²) in [7, 11) is 3.28. The zero-order valence-corrected chi connectivity index (χ0v) is 20.0. The fourth-order valence-corrected chi connectivity index (χ4v) is 3.40. The van der Waals surface area contributed by atoms with E-state index in [2.05, 4.69) is 53.1 Å². The Labute approximate surface area is 207 Å². The lowest BCUT2D eigenvalue weighted by Gasteiger charge is -2.14. The van der Waals surface area contributed by atoms with Crippen LogP contribution in [0, 0.1) is 36.5 Å². The zero-order valence-electron chi connectivity index (χ0n) is 20.0. The van der Waals surface area contributed by atoms with Crippen molar-refractivity contribution in [2.24, 2.45) is 10.2 Å². The molecule has 0 amide bonds. The molecule has 0 saturated heterocycles. The molecule has 3 aromatic heterocycles. The monoisotopic (exact) mass is 479 g/mol. The van der Waals surface area contributed by atoms with Gasteiger partial charge in [-0.2, -0.15) is 20.3 Å². The number of anilines is 3. The molecule has 12 nitrogen and oxygen atoms in total. The minimum absolute atomic E-state index is 0.168. The topological polar surface area (TPSA) is 162 Å². The van der Waals surface area contributed by atoms with Gasteiger partial charge in [0.2, 0.25) is 0 Å². The number of rotatable bonds is 7. The number of aromatic nitrogens is 5. The first-order valence-corrected chi connectivity index (χ1v) is 10.7. The molecule has 1 aromatic carbocycles. The van der Waals surface area contributed by atoms with E-state index in [-0.39, 0.29) is 17.3 Å². The molecule has 0 radical (unpaired) electrons. The second kappa shape index (κ2) is 10.3. The van der Waals surface area contributed by atoms with Crippen LogP contribution in [0.15, 0.2) is 53.0 Å². The van der Waals surface area contributed by atoms with E-state index >= 15 is 0 Å². The van der Waals surface area contributed by atoms with Crippen molar-refractivity contribution in [1.29, 1.82) is 10.5 Å². The van der Waals surface area contributed by atoms with Crippen molar-refractivity contribution >= 4 is 28.8 Å². The first kappa shape index (κ1) is 23.8. The maximum atomic E-state index is 9.89. The van der Waals surface area contributed by atoms with E-state index in [0.29, 0.717) is 39.9 Å². The third kappa shape index (κ3) is 4.51. The number of hydrogen-bond donors (Lipinski definition) is 2. The highest BCUT2D eigenvalue weighted by atomic mass is 16.5. The molecular weight excluding hydrogens is 458 g/mol. The maximum Gasteiger partial charge on any atom is 0.252 e. The van der Waals surface area contributed by atoms with Crippen molar-refractivity contribution in [1.82, 2.24) is 24.7 Å². The number of pyridine rings is 1. The van der Waals surface area contributed by atoms with Crippen LogP contribution in [0.1, 0.15) is 22.4 Å². The molecule has 0 bridgehead atoms. The molecule has 0 fully saturated rings. The third-order valence-electron chi connectivity index (χ3n) is 5.25. The lowest BCUT2D eigenvalue weighted by molar-refractivity contribution is 0.415. The molecule has 12 heteroatoms. The molecule has 3 heterocycles. The number of nitrogens with zero attached hydrogens (tertiary/aromatic N) is 9. The highest BCUT2D eigenvalue weighted by Crippen LogP contribution is 2.36. The van der Waals surface area contributed by atoms with Crippen LogP contribution >= 0.6 is 0 Å². The summed E-state index contributed by atoms with van der Waals surface area (Å²) in [5.41, 5.74) is 2.62. The standard InChI is InChI=1S/C24H21N11O/c1-14-18(12-25)21(30-16-6-8-17(36-4)9-7-16)31-22(27-3)20(14)32-33-23-19(13-26)15(2)34-35(23)24-28-10-5-11-29-24/h5-11H,1-4H3,(H2,27,30,31)/b33-32+. The maximum absolute atomic E-state index is 9.89. The van der Waals surface area contributed by atoms with E-state index < -0.39 is 0 Å². The van der Waals surface area contributed by atoms with Gasteiger partial charge in [0.25, 0.3) is 5.95 Å². The Morgan fingerprint density at radius 1 is 0.972 bits per heavy atom. The summed E-state index contributed by atoms with van der Waals surface area (Å²) in [5, 5.41) is 38.8. The number of nitriles is 2. The van der Waals surface area contributed by atoms with Crippen molar-refractivity contribution in [3.05, 3.63) is 65.1 Å². The number of methoxy groups -OCH3 is 1. The average molecular weight is 480 g/mol. The van der Waals surface area contributed by atoms with Crippen molar-refractivity contribution in [3.63, 3.8) is 0 Å². The first-order valence-electron chi connectivity index (χ1n) is 10.7. The van der Waals surface area contributed by atoms with Crippen LogP contribution in [-0.2, 0) is 0 Å². The molecule has 178 valence electrons. The average Bonchev–Trinajstić information content (AvgIpc) is 3.23. The van der Waals surface area contributed by atoms with Crippen LogP contribution in [0.4, 0.5) is 28.8 Å². The van der Waals surface area contributed by atoms with Crippen LogP contribution in [0.3, 0.4) is 0 Å². The van der Waals surface area contributed by atoms with Gasteiger partial charge in [0.1, 0.15) is 29.1 Å². The Bertz CT molecular complexity index is 1510. The third-order valence-corrected chi connectivity index (χ3v) is 5.25. The number of benzene rings is 1. The van der Waals surface area contributed by atoms with Crippen molar-refractivity contribution in [2.75, 3.05) is 24.8 Å². The quantitative estimate of drug-likeness (QED) is 0.360.